The van der Waals surface area contributed by atoms with Gasteiger partial charge in [0.15, 0.2) is 0 Å². The lowest BCUT2D eigenvalue weighted by atomic mass is 10.1. The van der Waals surface area contributed by atoms with Gasteiger partial charge in [0.05, 0.1) is 4.47 Å². The van der Waals surface area contributed by atoms with Crippen molar-refractivity contribution in [3.8, 4) is 5.75 Å². The Hall–Kier alpha value is -1.39. The number of nitrogens with one attached hydrogen (secondary N) is 1. The standard InChI is InChI=1S/C17H19BrFNO/c1-12(2-3-13-4-7-15(21)8-5-13)20-11-14-6-9-17(19)16(18)10-14/h4-10,12,20-21H,2-3,11H2,1H3. The van der Waals surface area contributed by atoms with Crippen molar-refractivity contribution in [1.29, 1.82) is 0 Å². The highest BCUT2D eigenvalue weighted by molar-refractivity contribution is 9.10. The second-order valence-electron chi connectivity index (χ2n) is 5.24. The maximum Gasteiger partial charge on any atom is 0.137 e. The van der Waals surface area contributed by atoms with Crippen LogP contribution in [0.2, 0.25) is 0 Å². The highest BCUT2D eigenvalue weighted by Crippen LogP contribution is 2.17. The fourth-order valence-corrected chi connectivity index (χ4v) is 2.52. The Bertz CT molecular complexity index is 586. The molecule has 0 aliphatic heterocycles. The Labute approximate surface area is 133 Å². The molecular formula is C17H19BrFNO. The summed E-state index contributed by atoms with van der Waals surface area (Å²) >= 11 is 3.20. The van der Waals surface area contributed by atoms with Crippen molar-refractivity contribution in [2.45, 2.75) is 32.4 Å². The molecule has 0 fully saturated rings. The molecule has 0 radical (unpaired) electrons. The van der Waals surface area contributed by atoms with Crippen molar-refractivity contribution in [3.05, 3.63) is 63.9 Å². The zero-order valence-electron chi connectivity index (χ0n) is 11.9. The number of phenolic OH excluding ortho intramolecular Hbond substituents is 1. The van der Waals surface area contributed by atoms with E-state index >= 15 is 0 Å². The van der Waals surface area contributed by atoms with Crippen molar-refractivity contribution in [2.24, 2.45) is 0 Å². The SMILES string of the molecule is CC(CCc1ccc(O)cc1)NCc1ccc(F)c(Br)c1. The molecule has 2 nitrogen and oxygen atoms in total. The topological polar surface area (TPSA) is 32.3 Å². The molecule has 112 valence electrons. The predicted octanol–water partition coefficient (Wildman–Crippen LogP) is 4.40. The Morgan fingerprint density at radius 3 is 2.48 bits per heavy atom. The summed E-state index contributed by atoms with van der Waals surface area (Å²) in [6.07, 6.45) is 1.97. The van der Waals surface area contributed by atoms with Crippen LogP contribution in [0, 0.1) is 5.82 Å². The Morgan fingerprint density at radius 1 is 1.14 bits per heavy atom. The molecule has 0 bridgehead atoms. The summed E-state index contributed by atoms with van der Waals surface area (Å²) in [5, 5.41) is 12.7. The minimum atomic E-state index is -0.237. The van der Waals surface area contributed by atoms with Crippen molar-refractivity contribution < 1.29 is 9.50 Å². The molecule has 2 aromatic rings. The van der Waals surface area contributed by atoms with Gasteiger partial charge in [-0.1, -0.05) is 18.2 Å². The van der Waals surface area contributed by atoms with Crippen LogP contribution in [0.25, 0.3) is 0 Å². The number of aryl methyl sites for hydroxylation is 1. The Kier molecular flexibility index (Phi) is 5.76. The van der Waals surface area contributed by atoms with Gasteiger partial charge < -0.3 is 10.4 Å². The third-order valence-corrected chi connectivity index (χ3v) is 4.05. The average Bonchev–Trinajstić information content (AvgIpc) is 2.48. The van der Waals surface area contributed by atoms with Gasteiger partial charge in [0.25, 0.3) is 0 Å². The van der Waals surface area contributed by atoms with E-state index < -0.39 is 0 Å². The molecule has 2 N–H and O–H groups in total. The van der Waals surface area contributed by atoms with Gasteiger partial charge in [0.2, 0.25) is 0 Å². The lowest BCUT2D eigenvalue weighted by Crippen LogP contribution is -2.26. The number of benzene rings is 2. The number of halogens is 2. The summed E-state index contributed by atoms with van der Waals surface area (Å²) in [7, 11) is 0. The number of hydrogen-bond acceptors (Lipinski definition) is 2. The van der Waals surface area contributed by atoms with Crippen molar-refractivity contribution >= 4 is 15.9 Å². The van der Waals surface area contributed by atoms with Crippen LogP contribution in [0.1, 0.15) is 24.5 Å². The molecule has 0 heterocycles. The lowest BCUT2D eigenvalue weighted by Gasteiger charge is -2.14. The van der Waals surface area contributed by atoms with E-state index in [1.165, 1.54) is 11.6 Å². The van der Waals surface area contributed by atoms with E-state index in [9.17, 15) is 9.50 Å². The Morgan fingerprint density at radius 2 is 1.81 bits per heavy atom. The first-order valence-electron chi connectivity index (χ1n) is 7.00. The molecule has 0 aliphatic rings. The summed E-state index contributed by atoms with van der Waals surface area (Å²) in [5.41, 5.74) is 2.27. The zero-order valence-corrected chi connectivity index (χ0v) is 13.5. The smallest absolute Gasteiger partial charge is 0.137 e. The van der Waals surface area contributed by atoms with Crippen molar-refractivity contribution in [1.82, 2.24) is 5.32 Å². The van der Waals surface area contributed by atoms with Crippen molar-refractivity contribution in [2.75, 3.05) is 0 Å². The third kappa shape index (κ3) is 5.14. The second-order valence-corrected chi connectivity index (χ2v) is 6.09. The van der Waals surface area contributed by atoms with Gasteiger partial charge in [-0.3, -0.25) is 0 Å². The predicted molar refractivity (Wildman–Crippen MR) is 86.8 cm³/mol. The van der Waals surface area contributed by atoms with Crippen LogP contribution in [0.5, 0.6) is 5.75 Å². The molecule has 1 atom stereocenters. The van der Waals surface area contributed by atoms with Crippen LogP contribution in [0.15, 0.2) is 46.9 Å². The normalized spacial score (nSPS) is 12.3. The molecule has 1 unspecified atom stereocenters. The van der Waals surface area contributed by atoms with Crippen LogP contribution in [-0.4, -0.2) is 11.1 Å². The third-order valence-electron chi connectivity index (χ3n) is 3.44. The van der Waals surface area contributed by atoms with Crippen LogP contribution in [-0.2, 0) is 13.0 Å². The minimum absolute atomic E-state index is 0.237. The van der Waals surface area contributed by atoms with Crippen LogP contribution in [0.4, 0.5) is 4.39 Å². The monoisotopic (exact) mass is 351 g/mol. The van der Waals surface area contributed by atoms with Crippen LogP contribution < -0.4 is 5.32 Å². The van der Waals surface area contributed by atoms with Gasteiger partial charge in [-0.05, 0) is 71.1 Å². The van der Waals surface area contributed by atoms with Gasteiger partial charge in [0, 0.05) is 12.6 Å². The summed E-state index contributed by atoms with van der Waals surface area (Å²) < 4.78 is 13.6. The summed E-state index contributed by atoms with van der Waals surface area (Å²) in [5.74, 6) is 0.0611. The zero-order chi connectivity index (χ0) is 15.2. The molecular weight excluding hydrogens is 333 g/mol. The maximum atomic E-state index is 13.1. The molecule has 0 saturated heterocycles. The van der Waals surface area contributed by atoms with E-state index in [0.717, 1.165) is 24.9 Å². The minimum Gasteiger partial charge on any atom is -0.508 e. The highest BCUT2D eigenvalue weighted by atomic mass is 79.9. The molecule has 0 aliphatic carbocycles. The van der Waals surface area contributed by atoms with Gasteiger partial charge in [-0.2, -0.15) is 0 Å². The number of rotatable bonds is 6. The fourth-order valence-electron chi connectivity index (χ4n) is 2.09. The second kappa shape index (κ2) is 7.57. The molecule has 0 amide bonds. The average molecular weight is 352 g/mol. The lowest BCUT2D eigenvalue weighted by molar-refractivity contribution is 0.474. The number of hydrogen-bond donors (Lipinski definition) is 2. The molecule has 2 aromatic carbocycles. The van der Waals surface area contributed by atoms with Gasteiger partial charge in [-0.25, -0.2) is 4.39 Å². The van der Waals surface area contributed by atoms with E-state index in [2.05, 4.69) is 28.2 Å². The van der Waals surface area contributed by atoms with E-state index in [0.29, 0.717) is 16.3 Å². The Balaban J connectivity index is 1.77. The first kappa shape index (κ1) is 16.0. The summed E-state index contributed by atoms with van der Waals surface area (Å²) in [4.78, 5) is 0. The van der Waals surface area contributed by atoms with Crippen LogP contribution >= 0.6 is 15.9 Å². The van der Waals surface area contributed by atoms with Crippen molar-refractivity contribution in [3.63, 3.8) is 0 Å². The van der Waals surface area contributed by atoms with Crippen LogP contribution in [0.3, 0.4) is 0 Å². The molecule has 0 spiro atoms. The van der Waals surface area contributed by atoms with Gasteiger partial charge in [-0.15, -0.1) is 0 Å². The summed E-state index contributed by atoms with van der Waals surface area (Å²) in [6, 6.07) is 12.7. The van der Waals surface area contributed by atoms with Gasteiger partial charge >= 0.3 is 0 Å². The first-order chi connectivity index (χ1) is 10.0. The van der Waals surface area contributed by atoms with Gasteiger partial charge in [0.1, 0.15) is 11.6 Å². The molecule has 0 aromatic heterocycles. The molecule has 4 heteroatoms. The first-order valence-corrected chi connectivity index (χ1v) is 7.79. The molecule has 21 heavy (non-hydrogen) atoms. The number of phenols is 1. The maximum absolute atomic E-state index is 13.1. The molecule has 2 rings (SSSR count). The largest absolute Gasteiger partial charge is 0.508 e. The van der Waals surface area contributed by atoms with E-state index in [1.807, 2.05) is 12.1 Å². The van der Waals surface area contributed by atoms with E-state index in [1.54, 1.807) is 24.3 Å². The molecule has 0 saturated carbocycles. The van der Waals surface area contributed by atoms with E-state index in [-0.39, 0.29) is 5.82 Å². The number of aromatic hydroxyl groups is 1. The quantitative estimate of drug-likeness (QED) is 0.807. The summed E-state index contributed by atoms with van der Waals surface area (Å²) in [6.45, 7) is 2.86. The van der Waals surface area contributed by atoms with E-state index in [4.69, 9.17) is 0 Å². The fraction of sp³-hybridized carbons (Fsp3) is 0.294. The highest BCUT2D eigenvalue weighted by Gasteiger charge is 2.04.